The Morgan fingerprint density at radius 2 is 1.93 bits per heavy atom. The highest BCUT2D eigenvalue weighted by Gasteiger charge is 2.39. The van der Waals surface area contributed by atoms with E-state index in [1.165, 1.54) is 0 Å². The van der Waals surface area contributed by atoms with Gasteiger partial charge in [0.1, 0.15) is 29.9 Å². The Labute approximate surface area is 252 Å². The molecule has 1 saturated heterocycles. The Balaban J connectivity index is 1.22. The van der Waals surface area contributed by atoms with Gasteiger partial charge in [-0.15, -0.1) is 0 Å². The van der Waals surface area contributed by atoms with E-state index in [-0.39, 0.29) is 6.04 Å². The lowest BCUT2D eigenvalue weighted by Crippen LogP contribution is -2.27. The highest BCUT2D eigenvalue weighted by Crippen LogP contribution is 2.51. The average Bonchev–Trinajstić information content (AvgIpc) is 3.76. The summed E-state index contributed by atoms with van der Waals surface area (Å²) in [5.41, 5.74) is 6.41. The largest absolute Gasteiger partial charge is 0.495 e. The molecule has 0 aliphatic carbocycles. The third kappa shape index (κ3) is 4.11. The van der Waals surface area contributed by atoms with Crippen molar-refractivity contribution in [2.24, 2.45) is 7.05 Å². The second-order valence-corrected chi connectivity index (χ2v) is 14.4. The first-order chi connectivity index (χ1) is 21.3. The summed E-state index contributed by atoms with van der Waals surface area (Å²) < 4.78 is 21.2. The van der Waals surface area contributed by atoms with E-state index in [2.05, 4.69) is 42.8 Å². The molecule has 0 saturated carbocycles. The number of ether oxygens (including phenoxy) is 1. The zero-order chi connectivity index (χ0) is 30.2. The minimum Gasteiger partial charge on any atom is -0.495 e. The van der Waals surface area contributed by atoms with Crippen molar-refractivity contribution in [2.75, 3.05) is 42.7 Å². The number of hydrogen-bond donors (Lipinski definition) is 3. The lowest BCUT2D eigenvalue weighted by atomic mass is 9.90. The minimum atomic E-state index is -2.77. The van der Waals surface area contributed by atoms with E-state index in [4.69, 9.17) is 19.5 Å². The van der Waals surface area contributed by atoms with E-state index < -0.39 is 7.14 Å². The SMILES string of the molecule is COc1cc2c(cc1Nc1nc(Nc3ccc4nccnc4c3P(C)(C)=O)c3cc[nH]c3n1)-c1cnn(C)c1N1OCC[C@H]21. The Morgan fingerprint density at radius 3 is 2.77 bits per heavy atom. The number of anilines is 5. The van der Waals surface area contributed by atoms with Gasteiger partial charge in [-0.1, -0.05) is 0 Å². The van der Waals surface area contributed by atoms with Gasteiger partial charge in [0.25, 0.3) is 0 Å². The second-order valence-electron chi connectivity index (χ2n) is 11.2. The molecule has 2 aliphatic rings. The molecule has 4 aromatic heterocycles. The van der Waals surface area contributed by atoms with Gasteiger partial charge in [-0.3, -0.25) is 19.5 Å². The Morgan fingerprint density at radius 1 is 1.07 bits per heavy atom. The Bertz CT molecular complexity index is 2150. The first-order valence-corrected chi connectivity index (χ1v) is 16.7. The number of hydroxylamine groups is 1. The van der Waals surface area contributed by atoms with Crippen LogP contribution in [0, 0.1) is 0 Å². The zero-order valence-corrected chi connectivity index (χ0v) is 25.4. The fourth-order valence-electron chi connectivity index (χ4n) is 6.22. The predicted octanol–water partition coefficient (Wildman–Crippen LogP) is 5.24. The van der Waals surface area contributed by atoms with Crippen molar-refractivity contribution in [3.05, 3.63) is 60.7 Å². The molecule has 0 unspecified atom stereocenters. The molecule has 6 heterocycles. The van der Waals surface area contributed by atoms with Gasteiger partial charge in [-0.2, -0.15) is 15.1 Å². The first kappa shape index (κ1) is 26.6. The second kappa shape index (κ2) is 9.76. The normalized spacial score (nSPS) is 15.7. The van der Waals surface area contributed by atoms with Crippen LogP contribution in [0.25, 0.3) is 33.2 Å². The molecular weight excluding hydrogens is 579 g/mol. The summed E-state index contributed by atoms with van der Waals surface area (Å²) in [4.78, 5) is 27.7. The average molecular weight is 609 g/mol. The van der Waals surface area contributed by atoms with Crippen LogP contribution in [-0.4, -0.2) is 61.7 Å². The molecule has 0 amide bonds. The standard InChI is InChI=1S/C30H29N10O3P/c1-39-29-19(15-34-39)17-13-22(24(42-2)14-18(17)23-8-12-43-40(23)29)36-30-37-27-16(7-9-33-27)28(38-30)35-21-6-5-20-25(32-11-10-31-20)26(21)44(3,4)41/h5-7,9-11,13-15,23H,8,12H2,1-4H3,(H3,33,35,36,37,38)/t23-/m1/s1. The van der Waals surface area contributed by atoms with Crippen molar-refractivity contribution in [1.82, 2.24) is 34.7 Å². The first-order valence-electron chi connectivity index (χ1n) is 14.1. The maximum absolute atomic E-state index is 13.5. The number of methoxy groups -OCH3 is 1. The van der Waals surface area contributed by atoms with Crippen LogP contribution < -0.4 is 25.7 Å². The molecule has 1 atom stereocenters. The van der Waals surface area contributed by atoms with Crippen LogP contribution in [-0.2, 0) is 16.5 Å². The van der Waals surface area contributed by atoms with Crippen molar-refractivity contribution in [3.8, 4) is 16.9 Å². The maximum Gasteiger partial charge on any atom is 0.231 e. The van der Waals surface area contributed by atoms with Crippen LogP contribution in [0.15, 0.2) is 55.1 Å². The summed E-state index contributed by atoms with van der Waals surface area (Å²) in [6, 6.07) is 9.80. The van der Waals surface area contributed by atoms with E-state index in [1.807, 2.05) is 47.4 Å². The van der Waals surface area contributed by atoms with Crippen molar-refractivity contribution >= 4 is 63.5 Å². The molecule has 6 aromatic rings. The molecule has 0 spiro atoms. The summed E-state index contributed by atoms with van der Waals surface area (Å²) in [7, 11) is 0.793. The number of nitrogens with zero attached hydrogens (tertiary/aromatic N) is 7. The monoisotopic (exact) mass is 608 g/mol. The van der Waals surface area contributed by atoms with E-state index in [0.29, 0.717) is 57.5 Å². The fraction of sp³-hybridized carbons (Fsp3) is 0.233. The summed E-state index contributed by atoms with van der Waals surface area (Å²) >= 11 is 0. The molecule has 2 aliphatic heterocycles. The van der Waals surface area contributed by atoms with Crippen LogP contribution in [0.1, 0.15) is 18.0 Å². The Hall–Kier alpha value is -5.00. The van der Waals surface area contributed by atoms with E-state index >= 15 is 0 Å². The van der Waals surface area contributed by atoms with Crippen LogP contribution in [0.3, 0.4) is 0 Å². The molecule has 8 rings (SSSR count). The number of benzene rings is 2. The highest BCUT2D eigenvalue weighted by atomic mass is 31.2. The van der Waals surface area contributed by atoms with Crippen molar-refractivity contribution < 1.29 is 14.1 Å². The number of aryl methyl sites for hydroxylation is 1. The topological polar surface area (TPSA) is 148 Å². The molecule has 3 N–H and O–H groups in total. The van der Waals surface area contributed by atoms with Gasteiger partial charge in [0.2, 0.25) is 5.95 Å². The summed E-state index contributed by atoms with van der Waals surface area (Å²) in [6.45, 7) is 4.09. The number of rotatable bonds is 6. The van der Waals surface area contributed by atoms with Crippen molar-refractivity contribution in [1.29, 1.82) is 0 Å². The van der Waals surface area contributed by atoms with E-state index in [0.717, 1.165) is 34.3 Å². The minimum absolute atomic E-state index is 0.0621. The third-order valence-electron chi connectivity index (χ3n) is 8.11. The van der Waals surface area contributed by atoms with Crippen molar-refractivity contribution in [2.45, 2.75) is 12.5 Å². The molecular formula is C30H29N10O3P. The van der Waals surface area contributed by atoms with Crippen LogP contribution in [0.5, 0.6) is 5.75 Å². The van der Waals surface area contributed by atoms with Crippen LogP contribution in [0.4, 0.5) is 29.0 Å². The molecule has 14 heteroatoms. The summed E-state index contributed by atoms with van der Waals surface area (Å²) in [6.07, 6.45) is 7.77. The third-order valence-corrected chi connectivity index (χ3v) is 9.64. The van der Waals surface area contributed by atoms with Gasteiger partial charge >= 0.3 is 0 Å². The smallest absolute Gasteiger partial charge is 0.231 e. The van der Waals surface area contributed by atoms with Gasteiger partial charge in [0.15, 0.2) is 5.82 Å². The van der Waals surface area contributed by atoms with Gasteiger partial charge in [0, 0.05) is 37.6 Å². The van der Waals surface area contributed by atoms with E-state index in [1.54, 1.807) is 32.8 Å². The van der Waals surface area contributed by atoms with E-state index in [9.17, 15) is 4.57 Å². The summed E-state index contributed by atoms with van der Waals surface area (Å²) in [5.74, 6) is 2.47. The molecule has 0 radical (unpaired) electrons. The molecule has 222 valence electrons. The maximum atomic E-state index is 13.5. The predicted molar refractivity (Wildman–Crippen MR) is 170 cm³/mol. The van der Waals surface area contributed by atoms with Gasteiger partial charge in [-0.05, 0) is 54.8 Å². The lowest BCUT2D eigenvalue weighted by Gasteiger charge is -2.32. The fourth-order valence-corrected chi connectivity index (χ4v) is 7.62. The van der Waals surface area contributed by atoms with Gasteiger partial charge in [0.05, 0.1) is 53.5 Å². The molecule has 2 aromatic carbocycles. The number of aromatic amines is 1. The molecule has 44 heavy (non-hydrogen) atoms. The number of aromatic nitrogens is 7. The highest BCUT2D eigenvalue weighted by molar-refractivity contribution is 7.71. The quantitative estimate of drug-likeness (QED) is 0.213. The van der Waals surface area contributed by atoms with Gasteiger partial charge < -0.3 is 24.9 Å². The number of H-pyrrole nitrogens is 1. The number of fused-ring (bicyclic) bond motifs is 8. The number of hydrogen-bond acceptors (Lipinski definition) is 11. The summed E-state index contributed by atoms with van der Waals surface area (Å²) in [5, 5.41) is 14.7. The van der Waals surface area contributed by atoms with Gasteiger partial charge in [-0.25, -0.2) is 5.06 Å². The number of nitrogens with one attached hydrogen (secondary N) is 3. The van der Waals surface area contributed by atoms with Crippen LogP contribution in [0.2, 0.25) is 0 Å². The van der Waals surface area contributed by atoms with Crippen LogP contribution >= 0.6 is 7.14 Å². The van der Waals surface area contributed by atoms with Crippen molar-refractivity contribution in [3.63, 3.8) is 0 Å². The molecule has 13 nitrogen and oxygen atoms in total. The molecule has 0 bridgehead atoms. The zero-order valence-electron chi connectivity index (χ0n) is 24.5. The Kier molecular flexibility index (Phi) is 5.90. The lowest BCUT2D eigenvalue weighted by molar-refractivity contribution is 0.154. The molecule has 1 fully saturated rings.